The molecule has 11 heteroatoms. The van der Waals surface area contributed by atoms with Crippen molar-refractivity contribution in [3.05, 3.63) is 63.5 Å². The molecule has 0 unspecified atom stereocenters. The van der Waals surface area contributed by atoms with Crippen molar-refractivity contribution in [2.45, 2.75) is 11.8 Å². The maximum absolute atomic E-state index is 12.6. The summed E-state index contributed by atoms with van der Waals surface area (Å²) in [6.07, 6.45) is 0. The number of aromatic amines is 1. The summed E-state index contributed by atoms with van der Waals surface area (Å²) in [4.78, 5) is 12.3. The molecule has 0 spiro atoms. The summed E-state index contributed by atoms with van der Waals surface area (Å²) in [6.45, 7) is 1.59. The van der Waals surface area contributed by atoms with Gasteiger partial charge in [0.05, 0.1) is 22.0 Å². The third-order valence-corrected chi connectivity index (χ3v) is 4.71. The quantitative estimate of drug-likeness (QED) is 0.505. The Morgan fingerprint density at radius 3 is 2.44 bits per heavy atom. The van der Waals surface area contributed by atoms with Gasteiger partial charge in [-0.15, -0.1) is 5.11 Å². The number of rotatable bonds is 4. The Hall–Kier alpha value is -2.95. The average molecular weight is 408 g/mol. The molecule has 0 saturated heterocycles. The van der Waals surface area contributed by atoms with Crippen LogP contribution in [-0.2, 0) is 10.1 Å². The van der Waals surface area contributed by atoms with Crippen molar-refractivity contribution in [1.82, 2.24) is 9.78 Å². The van der Waals surface area contributed by atoms with Gasteiger partial charge in [-0.25, -0.2) is 4.68 Å². The first-order valence-corrected chi connectivity index (χ1v) is 9.26. The summed E-state index contributed by atoms with van der Waals surface area (Å²) >= 11 is 5.82. The number of nitrogens with zero attached hydrogens (tertiary/aromatic N) is 3. The fourth-order valence-corrected chi connectivity index (χ4v) is 2.92. The van der Waals surface area contributed by atoms with E-state index < -0.39 is 21.4 Å². The van der Waals surface area contributed by atoms with E-state index in [1.54, 1.807) is 6.92 Å². The number of benzene rings is 2. The Kier molecular flexibility index (Phi) is 4.87. The molecule has 2 aromatic carbocycles. The van der Waals surface area contributed by atoms with E-state index in [4.69, 9.17) is 16.2 Å². The van der Waals surface area contributed by atoms with Gasteiger partial charge in [-0.05, 0) is 43.3 Å². The molecule has 0 amide bonds. The number of nitrogens with one attached hydrogen (secondary N) is 1. The van der Waals surface area contributed by atoms with Gasteiger partial charge in [0.25, 0.3) is 15.7 Å². The van der Waals surface area contributed by atoms with Crippen molar-refractivity contribution in [1.29, 1.82) is 0 Å². The molecule has 3 aromatic rings. The zero-order valence-corrected chi connectivity index (χ0v) is 15.3. The maximum Gasteiger partial charge on any atom is 0.299 e. The van der Waals surface area contributed by atoms with Gasteiger partial charge in [0.2, 0.25) is 0 Å². The zero-order chi connectivity index (χ0) is 19.8. The molecule has 0 fully saturated rings. The van der Waals surface area contributed by atoms with Crippen LogP contribution in [0.15, 0.2) is 62.4 Å². The molecule has 140 valence electrons. The molecule has 27 heavy (non-hydrogen) atoms. The molecule has 0 bridgehead atoms. The number of H-pyrrole nitrogens is 1. The van der Waals surface area contributed by atoms with E-state index in [2.05, 4.69) is 15.3 Å². The molecule has 1 heterocycles. The lowest BCUT2D eigenvalue weighted by atomic mass is 10.3. The molecule has 0 radical (unpaired) electrons. The van der Waals surface area contributed by atoms with Crippen molar-refractivity contribution in [3.8, 4) is 11.4 Å². The summed E-state index contributed by atoms with van der Waals surface area (Å²) in [5.41, 5.74) is 0.131. The highest BCUT2D eigenvalue weighted by atomic mass is 35.5. The van der Waals surface area contributed by atoms with Crippen molar-refractivity contribution in [2.75, 3.05) is 0 Å². The number of aromatic nitrogens is 2. The molecule has 0 saturated carbocycles. The monoisotopic (exact) mass is 407 g/mol. The van der Waals surface area contributed by atoms with Crippen LogP contribution >= 0.6 is 11.6 Å². The maximum atomic E-state index is 12.6. The normalized spacial score (nSPS) is 12.0. The van der Waals surface area contributed by atoms with Crippen molar-refractivity contribution in [2.24, 2.45) is 10.2 Å². The van der Waals surface area contributed by atoms with E-state index in [0.717, 1.165) is 16.8 Å². The first-order chi connectivity index (χ1) is 12.7. The number of azo groups is 1. The number of aryl methyl sites for hydroxylation is 1. The molecule has 9 nitrogen and oxygen atoms in total. The molecule has 0 aliphatic carbocycles. The van der Waals surface area contributed by atoms with Crippen LogP contribution in [0.25, 0.3) is 5.69 Å². The van der Waals surface area contributed by atoms with Gasteiger partial charge < -0.3 is 5.11 Å². The molecule has 3 rings (SSSR count). The Balaban J connectivity index is 1.99. The summed E-state index contributed by atoms with van der Waals surface area (Å²) < 4.78 is 32.3. The second-order valence-corrected chi connectivity index (χ2v) is 7.36. The van der Waals surface area contributed by atoms with E-state index in [1.165, 1.54) is 30.3 Å². The SMILES string of the molecule is Cc1[nH]n(-c2ccc(S(=O)(=O)O)cc2)c(=O)c1N=Nc1cc(Cl)ccc1[O-]. The third-order valence-electron chi connectivity index (χ3n) is 3.61. The largest absolute Gasteiger partial charge is 0.871 e. The first kappa shape index (κ1) is 18.8. The fourth-order valence-electron chi connectivity index (χ4n) is 2.28. The predicted octanol–water partition coefficient (Wildman–Crippen LogP) is 2.86. The van der Waals surface area contributed by atoms with E-state index in [9.17, 15) is 18.3 Å². The Bertz CT molecular complexity index is 1200. The molecule has 0 aliphatic heterocycles. The smallest absolute Gasteiger partial charge is 0.299 e. The minimum absolute atomic E-state index is 0.00782. The van der Waals surface area contributed by atoms with E-state index in [1.807, 2.05) is 0 Å². The Morgan fingerprint density at radius 1 is 1.15 bits per heavy atom. The second-order valence-electron chi connectivity index (χ2n) is 5.51. The zero-order valence-electron chi connectivity index (χ0n) is 13.7. The summed E-state index contributed by atoms with van der Waals surface area (Å²) in [6, 6.07) is 9.00. The molecule has 2 N–H and O–H groups in total. The predicted molar refractivity (Wildman–Crippen MR) is 96.0 cm³/mol. The molecule has 1 aromatic heterocycles. The Labute approximate surface area is 158 Å². The summed E-state index contributed by atoms with van der Waals surface area (Å²) in [5.74, 6) is -0.391. The van der Waals surface area contributed by atoms with Gasteiger partial charge in [0.15, 0.2) is 5.69 Å². The van der Waals surface area contributed by atoms with Gasteiger partial charge in [-0.1, -0.05) is 23.4 Å². The van der Waals surface area contributed by atoms with Crippen LogP contribution in [0, 0.1) is 6.92 Å². The van der Waals surface area contributed by atoms with Crippen molar-refractivity contribution in [3.63, 3.8) is 0 Å². The molecule has 0 atom stereocenters. The summed E-state index contributed by atoms with van der Waals surface area (Å²) in [7, 11) is -4.33. The van der Waals surface area contributed by atoms with Gasteiger partial charge in [0.1, 0.15) is 0 Å². The third kappa shape index (κ3) is 3.92. The standard InChI is InChI=1S/C16H13ClN4O5S/c1-9-15(19-18-13-8-10(17)2-7-14(13)22)16(23)21(20-9)11-3-5-12(6-4-11)27(24,25)26/h2-8,20,22H,1H3,(H,24,25,26)/p-1. The van der Waals surface area contributed by atoms with Gasteiger partial charge in [-0.2, -0.15) is 13.5 Å². The highest BCUT2D eigenvalue weighted by Crippen LogP contribution is 2.28. The van der Waals surface area contributed by atoms with Crippen LogP contribution in [0.1, 0.15) is 5.69 Å². The molecular weight excluding hydrogens is 396 g/mol. The van der Waals surface area contributed by atoms with Gasteiger partial charge >= 0.3 is 0 Å². The van der Waals surface area contributed by atoms with Crippen LogP contribution in [0.5, 0.6) is 5.75 Å². The van der Waals surface area contributed by atoms with Crippen LogP contribution < -0.4 is 10.7 Å². The topological polar surface area (TPSA) is 140 Å². The number of hydrogen-bond donors (Lipinski definition) is 2. The van der Waals surface area contributed by atoms with Crippen molar-refractivity contribution >= 4 is 33.1 Å². The van der Waals surface area contributed by atoms with Gasteiger partial charge in [0, 0.05) is 5.02 Å². The average Bonchev–Trinajstić information content (AvgIpc) is 2.89. The van der Waals surface area contributed by atoms with Crippen molar-refractivity contribution < 1.29 is 18.1 Å². The minimum Gasteiger partial charge on any atom is -0.871 e. The van der Waals surface area contributed by atoms with Crippen LogP contribution in [0.3, 0.4) is 0 Å². The fraction of sp³-hybridized carbons (Fsp3) is 0.0625. The molecule has 0 aliphatic rings. The van der Waals surface area contributed by atoms with Crippen LogP contribution in [0.4, 0.5) is 11.4 Å². The highest BCUT2D eigenvalue weighted by molar-refractivity contribution is 7.85. The first-order valence-electron chi connectivity index (χ1n) is 7.44. The van der Waals surface area contributed by atoms with Crippen LogP contribution in [0.2, 0.25) is 5.02 Å². The van der Waals surface area contributed by atoms with E-state index in [0.29, 0.717) is 16.4 Å². The number of halogens is 1. The summed E-state index contributed by atoms with van der Waals surface area (Å²) in [5, 5.41) is 22.5. The Morgan fingerprint density at radius 2 is 1.81 bits per heavy atom. The van der Waals surface area contributed by atoms with E-state index in [-0.39, 0.29) is 16.3 Å². The minimum atomic E-state index is -4.33. The lowest BCUT2D eigenvalue weighted by molar-refractivity contribution is -0.267. The van der Waals surface area contributed by atoms with Gasteiger partial charge in [-0.3, -0.25) is 14.4 Å². The highest BCUT2D eigenvalue weighted by Gasteiger charge is 2.14. The lowest BCUT2D eigenvalue weighted by Crippen LogP contribution is -2.14. The lowest BCUT2D eigenvalue weighted by Gasteiger charge is -2.07. The number of hydrogen-bond acceptors (Lipinski definition) is 6. The van der Waals surface area contributed by atoms with E-state index >= 15 is 0 Å². The molecular formula is C16H12ClN4O5S-. The van der Waals surface area contributed by atoms with Crippen LogP contribution in [-0.4, -0.2) is 22.8 Å². The second kappa shape index (κ2) is 6.99.